The number of nitrogens with zero attached hydrogens (tertiary/aromatic N) is 1. The van der Waals surface area contributed by atoms with E-state index < -0.39 is 10.8 Å². The van der Waals surface area contributed by atoms with Gasteiger partial charge in [-0.1, -0.05) is 29.8 Å². The molecule has 1 fully saturated rings. The van der Waals surface area contributed by atoms with Crippen molar-refractivity contribution in [2.24, 2.45) is 0 Å². The topological polar surface area (TPSA) is 93.5 Å². The number of hydrogen-bond acceptors (Lipinski definition) is 5. The quantitative estimate of drug-likeness (QED) is 0.364. The van der Waals surface area contributed by atoms with Crippen LogP contribution in [0.25, 0.3) is 6.08 Å². The Balaban J connectivity index is 1.90. The van der Waals surface area contributed by atoms with E-state index in [1.807, 2.05) is 31.2 Å². The van der Waals surface area contributed by atoms with E-state index in [0.717, 1.165) is 11.1 Å². The maximum atomic E-state index is 11.8. The number of amides is 1. The number of thiocarbonyl (C=S) groups is 1. The Morgan fingerprint density at radius 3 is 2.54 bits per heavy atom. The minimum absolute atomic E-state index is 0.0967. The summed E-state index contributed by atoms with van der Waals surface area (Å²) in [6.07, 6.45) is 1.48. The zero-order valence-electron chi connectivity index (χ0n) is 13.8. The Morgan fingerprint density at radius 1 is 1.19 bits per heavy atom. The zero-order valence-corrected chi connectivity index (χ0v) is 14.6. The number of non-ortho nitro benzene ring substituents is 1. The standard InChI is InChI=1S/C18H15N3O4S/c1-11-2-4-12(5-3-11)10-25-16-7-6-14(21(23)24)8-13(16)9-15-17(22)20-18(26)19-15/h2-9H,10H2,1H3,(H2,19,20,22,26)/b15-9-. The van der Waals surface area contributed by atoms with Crippen molar-refractivity contribution in [2.75, 3.05) is 0 Å². The number of carbonyl (C=O) groups excluding carboxylic acids is 1. The first-order valence-corrected chi connectivity index (χ1v) is 8.14. The first kappa shape index (κ1) is 17.6. The first-order valence-electron chi connectivity index (χ1n) is 7.73. The Labute approximate surface area is 154 Å². The van der Waals surface area contributed by atoms with Crippen molar-refractivity contribution < 1.29 is 14.5 Å². The fourth-order valence-electron chi connectivity index (χ4n) is 2.38. The summed E-state index contributed by atoms with van der Waals surface area (Å²) in [5.41, 5.74) is 2.62. The predicted molar refractivity (Wildman–Crippen MR) is 100 cm³/mol. The second-order valence-corrected chi connectivity index (χ2v) is 6.13. The molecule has 7 nitrogen and oxygen atoms in total. The van der Waals surface area contributed by atoms with Crippen molar-refractivity contribution in [3.8, 4) is 5.75 Å². The lowest BCUT2D eigenvalue weighted by atomic mass is 10.1. The predicted octanol–water partition coefficient (Wildman–Crippen LogP) is 2.83. The largest absolute Gasteiger partial charge is 0.488 e. The molecular weight excluding hydrogens is 354 g/mol. The summed E-state index contributed by atoms with van der Waals surface area (Å²) in [5, 5.41) is 16.4. The molecule has 2 aromatic rings. The number of aryl methyl sites for hydroxylation is 1. The Hall–Kier alpha value is -3.26. The van der Waals surface area contributed by atoms with Gasteiger partial charge in [-0.05, 0) is 36.8 Å². The average Bonchev–Trinajstić information content (AvgIpc) is 2.92. The van der Waals surface area contributed by atoms with Gasteiger partial charge in [-0.3, -0.25) is 20.2 Å². The van der Waals surface area contributed by atoms with Crippen LogP contribution in [0.4, 0.5) is 5.69 Å². The Bertz CT molecular complexity index is 923. The minimum atomic E-state index is -0.501. The number of benzene rings is 2. The summed E-state index contributed by atoms with van der Waals surface area (Å²) in [6, 6.07) is 12.1. The molecule has 0 atom stereocenters. The molecule has 3 rings (SSSR count). The van der Waals surface area contributed by atoms with Crippen LogP contribution in [0.5, 0.6) is 5.75 Å². The molecule has 2 aromatic carbocycles. The van der Waals surface area contributed by atoms with Crippen molar-refractivity contribution >= 4 is 35.0 Å². The van der Waals surface area contributed by atoms with Crippen LogP contribution < -0.4 is 15.4 Å². The SMILES string of the molecule is Cc1ccc(COc2ccc([N+](=O)[O-])cc2/C=C2\NC(=S)NC2=O)cc1. The van der Waals surface area contributed by atoms with Crippen molar-refractivity contribution in [3.63, 3.8) is 0 Å². The molecule has 1 aliphatic heterocycles. The van der Waals surface area contributed by atoms with Crippen molar-refractivity contribution in [2.45, 2.75) is 13.5 Å². The molecule has 0 saturated carbocycles. The van der Waals surface area contributed by atoms with Crippen LogP contribution in [0.2, 0.25) is 0 Å². The molecular formula is C18H15N3O4S. The fraction of sp³-hybridized carbons (Fsp3) is 0.111. The zero-order chi connectivity index (χ0) is 18.7. The normalized spacial score (nSPS) is 14.9. The van der Waals surface area contributed by atoms with E-state index in [-0.39, 0.29) is 16.5 Å². The van der Waals surface area contributed by atoms with Gasteiger partial charge in [0.2, 0.25) is 0 Å². The number of nitro benzene ring substituents is 1. The lowest BCUT2D eigenvalue weighted by Gasteiger charge is -2.10. The number of hydrogen-bond donors (Lipinski definition) is 2. The molecule has 1 aliphatic rings. The van der Waals surface area contributed by atoms with Gasteiger partial charge < -0.3 is 10.1 Å². The molecule has 0 spiro atoms. The Kier molecular flexibility index (Phi) is 4.94. The van der Waals surface area contributed by atoms with E-state index in [1.54, 1.807) is 0 Å². The summed E-state index contributed by atoms with van der Waals surface area (Å²) in [6.45, 7) is 2.29. The fourth-order valence-corrected chi connectivity index (χ4v) is 2.58. The van der Waals surface area contributed by atoms with Gasteiger partial charge in [0.05, 0.1) is 4.92 Å². The molecule has 8 heteroatoms. The first-order chi connectivity index (χ1) is 12.4. The second-order valence-electron chi connectivity index (χ2n) is 5.72. The molecule has 0 aliphatic carbocycles. The maximum Gasteiger partial charge on any atom is 0.273 e. The lowest BCUT2D eigenvalue weighted by molar-refractivity contribution is -0.384. The highest BCUT2D eigenvalue weighted by molar-refractivity contribution is 7.80. The minimum Gasteiger partial charge on any atom is -0.488 e. The second kappa shape index (κ2) is 7.32. The van der Waals surface area contributed by atoms with Gasteiger partial charge in [-0.15, -0.1) is 0 Å². The molecule has 0 aromatic heterocycles. The summed E-state index contributed by atoms with van der Waals surface area (Å²) < 4.78 is 5.81. The number of ether oxygens (including phenoxy) is 1. The number of nitrogens with one attached hydrogen (secondary N) is 2. The van der Waals surface area contributed by atoms with Gasteiger partial charge in [0.1, 0.15) is 18.1 Å². The molecule has 26 heavy (non-hydrogen) atoms. The average molecular weight is 369 g/mol. The highest BCUT2D eigenvalue weighted by Crippen LogP contribution is 2.27. The number of nitro groups is 1. The summed E-state index contributed by atoms with van der Waals surface area (Å²) >= 11 is 4.89. The summed E-state index contributed by atoms with van der Waals surface area (Å²) in [5.74, 6) is 0.0297. The van der Waals surface area contributed by atoms with Gasteiger partial charge >= 0.3 is 0 Å². The van der Waals surface area contributed by atoms with Crippen LogP contribution in [0, 0.1) is 17.0 Å². The van der Waals surface area contributed by atoms with Crippen molar-refractivity contribution in [3.05, 3.63) is 75.0 Å². The van der Waals surface area contributed by atoms with E-state index in [4.69, 9.17) is 17.0 Å². The van der Waals surface area contributed by atoms with Crippen LogP contribution in [-0.4, -0.2) is 15.9 Å². The molecule has 1 heterocycles. The van der Waals surface area contributed by atoms with E-state index in [2.05, 4.69) is 10.6 Å². The van der Waals surface area contributed by atoms with Crippen LogP contribution in [0.3, 0.4) is 0 Å². The molecule has 2 N–H and O–H groups in total. The molecule has 1 saturated heterocycles. The number of rotatable bonds is 5. The van der Waals surface area contributed by atoms with Crippen LogP contribution in [-0.2, 0) is 11.4 Å². The third-order valence-corrected chi connectivity index (χ3v) is 3.94. The Morgan fingerprint density at radius 2 is 1.92 bits per heavy atom. The third-order valence-electron chi connectivity index (χ3n) is 3.74. The molecule has 132 valence electrons. The van der Waals surface area contributed by atoms with Gasteiger partial charge in [0, 0.05) is 17.7 Å². The smallest absolute Gasteiger partial charge is 0.273 e. The van der Waals surface area contributed by atoms with Gasteiger partial charge in [0.15, 0.2) is 5.11 Å². The van der Waals surface area contributed by atoms with Crippen LogP contribution >= 0.6 is 12.2 Å². The summed E-state index contributed by atoms with van der Waals surface area (Å²) in [7, 11) is 0. The van der Waals surface area contributed by atoms with E-state index in [0.29, 0.717) is 17.9 Å². The van der Waals surface area contributed by atoms with E-state index >= 15 is 0 Å². The molecule has 1 amide bonds. The van der Waals surface area contributed by atoms with Crippen LogP contribution in [0.15, 0.2) is 48.2 Å². The summed E-state index contributed by atoms with van der Waals surface area (Å²) in [4.78, 5) is 22.4. The van der Waals surface area contributed by atoms with Gasteiger partial charge in [-0.25, -0.2) is 0 Å². The number of carbonyl (C=O) groups is 1. The third kappa shape index (κ3) is 4.04. The van der Waals surface area contributed by atoms with Gasteiger partial charge in [0.25, 0.3) is 11.6 Å². The van der Waals surface area contributed by atoms with E-state index in [9.17, 15) is 14.9 Å². The molecule has 0 radical (unpaired) electrons. The van der Waals surface area contributed by atoms with E-state index in [1.165, 1.54) is 24.3 Å². The molecule has 0 unspecified atom stereocenters. The highest BCUT2D eigenvalue weighted by atomic mass is 32.1. The van der Waals surface area contributed by atoms with Crippen molar-refractivity contribution in [1.82, 2.24) is 10.6 Å². The van der Waals surface area contributed by atoms with Crippen LogP contribution in [0.1, 0.15) is 16.7 Å². The maximum absolute atomic E-state index is 11.8. The lowest BCUT2D eigenvalue weighted by Crippen LogP contribution is -2.21. The molecule has 0 bridgehead atoms. The van der Waals surface area contributed by atoms with Gasteiger partial charge in [-0.2, -0.15) is 0 Å². The monoisotopic (exact) mass is 369 g/mol. The highest BCUT2D eigenvalue weighted by Gasteiger charge is 2.21. The van der Waals surface area contributed by atoms with Crippen molar-refractivity contribution in [1.29, 1.82) is 0 Å².